The molecule has 96 valence electrons. The van der Waals surface area contributed by atoms with Crippen LogP contribution < -0.4 is 0 Å². The smallest absolute Gasteiger partial charge is 0.307 e. The molecule has 0 aromatic carbocycles. The molecular weight excluding hydrogens is 216 g/mol. The molecule has 1 rings (SSSR count). The summed E-state index contributed by atoms with van der Waals surface area (Å²) >= 11 is 0. The molecule has 0 spiro atoms. The van der Waals surface area contributed by atoms with Gasteiger partial charge >= 0.3 is 5.97 Å². The first-order chi connectivity index (χ1) is 7.75. The molecule has 0 aliphatic heterocycles. The van der Waals surface area contributed by atoms with Crippen LogP contribution in [0.4, 0.5) is 0 Å². The Bertz CT molecular complexity index is 402. The van der Waals surface area contributed by atoms with E-state index >= 15 is 0 Å². The lowest BCUT2D eigenvalue weighted by Crippen LogP contribution is -2.30. The maximum Gasteiger partial charge on any atom is 0.307 e. The van der Waals surface area contributed by atoms with Gasteiger partial charge in [-0.3, -0.25) is 9.48 Å². The first-order valence-electron chi connectivity index (χ1n) is 6.00. The molecule has 0 aliphatic carbocycles. The third kappa shape index (κ3) is 3.32. The Labute approximate surface area is 103 Å². The van der Waals surface area contributed by atoms with Crippen LogP contribution in [-0.4, -0.2) is 20.9 Å². The Morgan fingerprint density at radius 1 is 1.53 bits per heavy atom. The van der Waals surface area contributed by atoms with Crippen molar-refractivity contribution in [2.75, 3.05) is 0 Å². The number of nitrogens with zero attached hydrogens (tertiary/aromatic N) is 2. The Balaban J connectivity index is 2.94. The largest absolute Gasteiger partial charge is 0.481 e. The quantitative estimate of drug-likeness (QED) is 0.875. The number of aromatic nitrogens is 2. The summed E-state index contributed by atoms with van der Waals surface area (Å²) in [6.07, 6.45) is 1.41. The first-order valence-corrected chi connectivity index (χ1v) is 6.00. The van der Waals surface area contributed by atoms with E-state index < -0.39 is 5.97 Å². The van der Waals surface area contributed by atoms with Gasteiger partial charge in [0.25, 0.3) is 0 Å². The molecule has 0 saturated carbocycles. The lowest BCUT2D eigenvalue weighted by Gasteiger charge is -2.26. The number of hydrogen-bond donors (Lipinski definition) is 1. The van der Waals surface area contributed by atoms with Crippen molar-refractivity contribution in [1.29, 1.82) is 0 Å². The predicted octanol–water partition coefficient (Wildman–Crippen LogP) is 2.27. The average molecular weight is 238 g/mol. The summed E-state index contributed by atoms with van der Waals surface area (Å²) < 4.78 is 1.79. The Hall–Kier alpha value is -1.32. The van der Waals surface area contributed by atoms with Crippen molar-refractivity contribution in [2.24, 2.45) is 18.4 Å². The highest BCUT2D eigenvalue weighted by molar-refractivity contribution is 5.71. The molecule has 0 radical (unpaired) electrons. The second-order valence-corrected chi connectivity index (χ2v) is 5.57. The number of hydrogen-bond acceptors (Lipinski definition) is 2. The molecule has 1 heterocycles. The fourth-order valence-electron chi connectivity index (χ4n) is 1.91. The molecule has 1 aromatic heterocycles. The zero-order valence-electron chi connectivity index (χ0n) is 11.3. The van der Waals surface area contributed by atoms with Crippen LogP contribution in [0.25, 0.3) is 0 Å². The van der Waals surface area contributed by atoms with E-state index in [2.05, 4.69) is 5.10 Å². The second-order valence-electron chi connectivity index (χ2n) is 5.57. The summed E-state index contributed by atoms with van der Waals surface area (Å²) in [7, 11) is 1.87. The standard InChI is InChI=1S/C13H22N2O2/c1-6-9-7-10(15(5)14-9)8-11(12(16)17)13(2,3)4/h7,11H,6,8H2,1-5H3,(H,16,17). The van der Waals surface area contributed by atoms with Crippen molar-refractivity contribution in [2.45, 2.75) is 40.5 Å². The van der Waals surface area contributed by atoms with Crippen molar-refractivity contribution < 1.29 is 9.90 Å². The molecule has 0 aliphatic rings. The number of aliphatic carboxylic acids is 1. The summed E-state index contributed by atoms with van der Waals surface area (Å²) in [6, 6.07) is 2.00. The number of carboxylic acids is 1. The SMILES string of the molecule is CCc1cc(CC(C(=O)O)C(C)(C)C)n(C)n1. The minimum absolute atomic E-state index is 0.248. The Morgan fingerprint density at radius 3 is 2.47 bits per heavy atom. The topological polar surface area (TPSA) is 55.1 Å². The van der Waals surface area contributed by atoms with E-state index in [0.29, 0.717) is 6.42 Å². The third-order valence-electron chi connectivity index (χ3n) is 3.15. The van der Waals surface area contributed by atoms with E-state index in [4.69, 9.17) is 0 Å². The summed E-state index contributed by atoms with van der Waals surface area (Å²) in [5.41, 5.74) is 1.76. The molecule has 1 unspecified atom stereocenters. The van der Waals surface area contributed by atoms with Gasteiger partial charge < -0.3 is 5.11 Å². The van der Waals surface area contributed by atoms with E-state index in [-0.39, 0.29) is 11.3 Å². The second kappa shape index (κ2) is 4.90. The molecule has 0 bridgehead atoms. The minimum Gasteiger partial charge on any atom is -0.481 e. The highest BCUT2D eigenvalue weighted by Crippen LogP contribution is 2.29. The van der Waals surface area contributed by atoms with E-state index in [1.807, 2.05) is 40.8 Å². The zero-order chi connectivity index (χ0) is 13.2. The molecule has 1 aromatic rings. The third-order valence-corrected chi connectivity index (χ3v) is 3.15. The summed E-state index contributed by atoms with van der Waals surface area (Å²) in [5.74, 6) is -1.13. The molecule has 17 heavy (non-hydrogen) atoms. The molecule has 0 fully saturated rings. The van der Waals surface area contributed by atoms with Crippen LogP contribution in [0.2, 0.25) is 0 Å². The van der Waals surface area contributed by atoms with Crippen LogP contribution in [0.1, 0.15) is 39.1 Å². The van der Waals surface area contributed by atoms with Crippen molar-refractivity contribution in [1.82, 2.24) is 9.78 Å². The fraction of sp³-hybridized carbons (Fsp3) is 0.692. The van der Waals surface area contributed by atoms with E-state index in [9.17, 15) is 9.90 Å². The van der Waals surface area contributed by atoms with Crippen molar-refractivity contribution in [3.63, 3.8) is 0 Å². The molecule has 4 heteroatoms. The van der Waals surface area contributed by atoms with Gasteiger partial charge in [-0.25, -0.2) is 0 Å². The fourth-order valence-corrected chi connectivity index (χ4v) is 1.91. The summed E-state index contributed by atoms with van der Waals surface area (Å²) in [4.78, 5) is 11.3. The normalized spacial score (nSPS) is 13.7. The molecular formula is C13H22N2O2. The zero-order valence-corrected chi connectivity index (χ0v) is 11.3. The van der Waals surface area contributed by atoms with Crippen LogP contribution in [0.3, 0.4) is 0 Å². The number of carbonyl (C=O) groups is 1. The van der Waals surface area contributed by atoms with Crippen LogP contribution in [-0.2, 0) is 24.7 Å². The number of carboxylic acid groups (broad SMARTS) is 1. The van der Waals surface area contributed by atoms with Gasteiger partial charge in [-0.05, 0) is 17.9 Å². The minimum atomic E-state index is -0.739. The highest BCUT2D eigenvalue weighted by atomic mass is 16.4. The van der Waals surface area contributed by atoms with Gasteiger partial charge in [0.15, 0.2) is 0 Å². The summed E-state index contributed by atoms with van der Waals surface area (Å²) in [6.45, 7) is 7.93. The molecule has 1 atom stereocenters. The average Bonchev–Trinajstić information content (AvgIpc) is 2.53. The lowest BCUT2D eigenvalue weighted by molar-refractivity contribution is -0.145. The van der Waals surface area contributed by atoms with Gasteiger partial charge in [-0.2, -0.15) is 5.10 Å². The van der Waals surface area contributed by atoms with E-state index in [0.717, 1.165) is 17.8 Å². The lowest BCUT2D eigenvalue weighted by atomic mass is 9.78. The van der Waals surface area contributed by atoms with Gasteiger partial charge in [-0.15, -0.1) is 0 Å². The molecule has 4 nitrogen and oxygen atoms in total. The van der Waals surface area contributed by atoms with Gasteiger partial charge in [-0.1, -0.05) is 27.7 Å². The number of aryl methyl sites for hydroxylation is 2. The molecule has 0 saturated heterocycles. The summed E-state index contributed by atoms with van der Waals surface area (Å²) in [5, 5.41) is 13.6. The van der Waals surface area contributed by atoms with Gasteiger partial charge in [0.05, 0.1) is 11.6 Å². The van der Waals surface area contributed by atoms with Crippen LogP contribution in [0, 0.1) is 11.3 Å². The molecule has 1 N–H and O–H groups in total. The van der Waals surface area contributed by atoms with Crippen molar-refractivity contribution in [3.05, 3.63) is 17.5 Å². The maximum absolute atomic E-state index is 11.3. The van der Waals surface area contributed by atoms with Gasteiger partial charge in [0, 0.05) is 19.2 Å². The van der Waals surface area contributed by atoms with Gasteiger partial charge in [0.2, 0.25) is 0 Å². The highest BCUT2D eigenvalue weighted by Gasteiger charge is 2.32. The van der Waals surface area contributed by atoms with Crippen molar-refractivity contribution >= 4 is 5.97 Å². The van der Waals surface area contributed by atoms with E-state index in [1.165, 1.54) is 0 Å². The molecule has 0 amide bonds. The van der Waals surface area contributed by atoms with Crippen LogP contribution in [0.5, 0.6) is 0 Å². The van der Waals surface area contributed by atoms with E-state index in [1.54, 1.807) is 4.68 Å². The predicted molar refractivity (Wildman–Crippen MR) is 66.9 cm³/mol. The number of rotatable bonds is 4. The monoisotopic (exact) mass is 238 g/mol. The Morgan fingerprint density at radius 2 is 2.12 bits per heavy atom. The van der Waals surface area contributed by atoms with Gasteiger partial charge in [0.1, 0.15) is 0 Å². The Kier molecular flexibility index (Phi) is 3.96. The van der Waals surface area contributed by atoms with Crippen LogP contribution >= 0.6 is 0 Å². The first kappa shape index (κ1) is 13.7. The van der Waals surface area contributed by atoms with Crippen LogP contribution in [0.15, 0.2) is 6.07 Å². The van der Waals surface area contributed by atoms with Crippen molar-refractivity contribution in [3.8, 4) is 0 Å². The maximum atomic E-state index is 11.3.